The Morgan fingerprint density at radius 3 is 1.95 bits per heavy atom. The maximum absolute atomic E-state index is 11.7. The molecule has 0 heterocycles. The van der Waals surface area contributed by atoms with Crippen molar-refractivity contribution in [3.8, 4) is 11.1 Å². The molecule has 0 fully saturated rings. The van der Waals surface area contributed by atoms with Crippen LogP contribution in [0, 0.1) is 0 Å². The lowest BCUT2D eigenvalue weighted by molar-refractivity contribution is 0.0968. The fourth-order valence-corrected chi connectivity index (χ4v) is 3.05. The summed E-state index contributed by atoms with van der Waals surface area (Å²) in [6.45, 7) is 0. The Balaban J connectivity index is 2.85. The zero-order valence-corrected chi connectivity index (χ0v) is 12.8. The van der Waals surface area contributed by atoms with Gasteiger partial charge in [-0.15, -0.1) is 0 Å². The van der Waals surface area contributed by atoms with E-state index in [2.05, 4.69) is 0 Å². The highest BCUT2D eigenvalue weighted by Gasteiger charge is 2.21. The first-order valence-corrected chi connectivity index (χ1v) is 6.84. The number of halogens is 3. The molecule has 0 bridgehead atoms. The van der Waals surface area contributed by atoms with Crippen LogP contribution in [0.15, 0.2) is 30.3 Å². The van der Waals surface area contributed by atoms with Crippen molar-refractivity contribution in [3.05, 3.63) is 56.5 Å². The molecule has 2 rings (SSSR count). The van der Waals surface area contributed by atoms with Gasteiger partial charge in [0.15, 0.2) is 0 Å². The van der Waals surface area contributed by atoms with Crippen LogP contribution in [-0.2, 0) is 0 Å². The van der Waals surface area contributed by atoms with Gasteiger partial charge in [0, 0.05) is 10.6 Å². The molecule has 7 heteroatoms. The molecule has 0 radical (unpaired) electrons. The van der Waals surface area contributed by atoms with E-state index in [1.165, 1.54) is 18.2 Å². The molecule has 0 aliphatic carbocycles. The van der Waals surface area contributed by atoms with Gasteiger partial charge in [-0.3, -0.25) is 9.59 Å². The number of nitrogens with two attached hydrogens (primary N) is 2. The largest absolute Gasteiger partial charge is 0.366 e. The van der Waals surface area contributed by atoms with Crippen LogP contribution in [0.4, 0.5) is 0 Å². The van der Waals surface area contributed by atoms with Crippen molar-refractivity contribution in [2.24, 2.45) is 11.5 Å². The molecule has 0 saturated carbocycles. The normalized spacial score (nSPS) is 10.4. The zero-order chi connectivity index (χ0) is 15.7. The van der Waals surface area contributed by atoms with Crippen molar-refractivity contribution in [2.45, 2.75) is 0 Å². The molecule has 4 nitrogen and oxygen atoms in total. The standard InChI is InChI=1S/C14H9Cl3N2O2/c15-6-4-9(16)12(10(17)5-6)7-2-1-3-8(13(18)20)11(7)14(19)21/h1-5H,(H2,18,20)(H2,19,21). The van der Waals surface area contributed by atoms with Gasteiger partial charge in [-0.2, -0.15) is 0 Å². The summed E-state index contributed by atoms with van der Waals surface area (Å²) in [4.78, 5) is 23.2. The van der Waals surface area contributed by atoms with Crippen molar-refractivity contribution in [1.29, 1.82) is 0 Å². The number of rotatable bonds is 3. The van der Waals surface area contributed by atoms with Gasteiger partial charge >= 0.3 is 0 Å². The molecule has 4 N–H and O–H groups in total. The summed E-state index contributed by atoms with van der Waals surface area (Å²) in [6.07, 6.45) is 0. The SMILES string of the molecule is NC(=O)c1cccc(-c2c(Cl)cc(Cl)cc2Cl)c1C(N)=O. The van der Waals surface area contributed by atoms with E-state index < -0.39 is 11.8 Å². The second kappa shape index (κ2) is 5.93. The first-order valence-electron chi connectivity index (χ1n) is 5.70. The van der Waals surface area contributed by atoms with E-state index in [9.17, 15) is 9.59 Å². The van der Waals surface area contributed by atoms with Gasteiger partial charge in [-0.1, -0.05) is 46.9 Å². The van der Waals surface area contributed by atoms with E-state index in [4.69, 9.17) is 46.3 Å². The Morgan fingerprint density at radius 1 is 0.905 bits per heavy atom. The second-order valence-corrected chi connectivity index (χ2v) is 5.45. The van der Waals surface area contributed by atoms with Crippen LogP contribution >= 0.6 is 34.8 Å². The van der Waals surface area contributed by atoms with Crippen molar-refractivity contribution in [2.75, 3.05) is 0 Å². The lowest BCUT2D eigenvalue weighted by atomic mass is 9.94. The molecule has 0 spiro atoms. The average molecular weight is 344 g/mol. The van der Waals surface area contributed by atoms with E-state index in [-0.39, 0.29) is 21.2 Å². The van der Waals surface area contributed by atoms with Gasteiger partial charge in [0.1, 0.15) is 0 Å². The van der Waals surface area contributed by atoms with Gasteiger partial charge < -0.3 is 11.5 Å². The molecule has 2 aromatic carbocycles. The quantitative estimate of drug-likeness (QED) is 0.893. The van der Waals surface area contributed by atoms with Gasteiger partial charge in [-0.25, -0.2) is 0 Å². The smallest absolute Gasteiger partial charge is 0.250 e. The number of amides is 2. The molecule has 0 aromatic heterocycles. The molecule has 2 aromatic rings. The molecule has 0 unspecified atom stereocenters. The molecule has 0 saturated heterocycles. The fourth-order valence-electron chi connectivity index (χ4n) is 2.03. The summed E-state index contributed by atoms with van der Waals surface area (Å²) < 4.78 is 0. The number of carbonyl (C=O) groups excluding carboxylic acids is 2. The van der Waals surface area contributed by atoms with Crippen LogP contribution in [0.3, 0.4) is 0 Å². The fraction of sp³-hybridized carbons (Fsp3) is 0. The van der Waals surface area contributed by atoms with Crippen LogP contribution in [0.25, 0.3) is 11.1 Å². The summed E-state index contributed by atoms with van der Waals surface area (Å²) in [7, 11) is 0. The highest BCUT2D eigenvalue weighted by atomic mass is 35.5. The predicted octanol–water partition coefficient (Wildman–Crippen LogP) is 3.51. The number of benzene rings is 2. The number of hydrogen-bond donors (Lipinski definition) is 2. The molecule has 0 aliphatic heterocycles. The van der Waals surface area contributed by atoms with Crippen LogP contribution < -0.4 is 11.5 Å². The monoisotopic (exact) mass is 342 g/mol. The summed E-state index contributed by atoms with van der Waals surface area (Å²) in [6, 6.07) is 7.50. The summed E-state index contributed by atoms with van der Waals surface area (Å²) in [5.41, 5.74) is 11.3. The average Bonchev–Trinajstić information content (AvgIpc) is 2.36. The molecular formula is C14H9Cl3N2O2. The van der Waals surface area contributed by atoms with Crippen molar-refractivity contribution in [3.63, 3.8) is 0 Å². The maximum Gasteiger partial charge on any atom is 0.250 e. The maximum atomic E-state index is 11.7. The minimum Gasteiger partial charge on any atom is -0.366 e. The third-order valence-electron chi connectivity index (χ3n) is 2.85. The van der Waals surface area contributed by atoms with E-state index in [0.717, 1.165) is 0 Å². The molecular weight excluding hydrogens is 335 g/mol. The van der Waals surface area contributed by atoms with E-state index in [0.29, 0.717) is 16.1 Å². The Labute approximate surface area is 135 Å². The summed E-state index contributed by atoms with van der Waals surface area (Å²) >= 11 is 18.1. The summed E-state index contributed by atoms with van der Waals surface area (Å²) in [5, 5.41) is 0.814. The van der Waals surface area contributed by atoms with Crippen LogP contribution in [0.1, 0.15) is 20.7 Å². The van der Waals surface area contributed by atoms with Crippen molar-refractivity contribution < 1.29 is 9.59 Å². The first kappa shape index (κ1) is 15.6. The van der Waals surface area contributed by atoms with Gasteiger partial charge in [0.25, 0.3) is 0 Å². The molecule has 0 aliphatic rings. The summed E-state index contributed by atoms with van der Waals surface area (Å²) in [5.74, 6) is -1.58. The Hall–Kier alpha value is -1.75. The third-order valence-corrected chi connectivity index (χ3v) is 3.67. The highest BCUT2D eigenvalue weighted by Crippen LogP contribution is 2.39. The van der Waals surface area contributed by atoms with Crippen LogP contribution in [0.5, 0.6) is 0 Å². The zero-order valence-electron chi connectivity index (χ0n) is 10.5. The van der Waals surface area contributed by atoms with Gasteiger partial charge in [-0.05, 0) is 23.8 Å². The van der Waals surface area contributed by atoms with Crippen molar-refractivity contribution >= 4 is 46.6 Å². The molecule has 21 heavy (non-hydrogen) atoms. The third kappa shape index (κ3) is 2.97. The molecule has 2 amide bonds. The lowest BCUT2D eigenvalue weighted by Gasteiger charge is -2.13. The number of carbonyl (C=O) groups is 2. The van der Waals surface area contributed by atoms with Crippen LogP contribution in [0.2, 0.25) is 15.1 Å². The minimum atomic E-state index is -0.804. The van der Waals surface area contributed by atoms with Crippen LogP contribution in [-0.4, -0.2) is 11.8 Å². The highest BCUT2D eigenvalue weighted by molar-refractivity contribution is 6.42. The van der Waals surface area contributed by atoms with E-state index in [1.807, 2.05) is 0 Å². The molecule has 0 atom stereocenters. The van der Waals surface area contributed by atoms with Crippen molar-refractivity contribution in [1.82, 2.24) is 0 Å². The topological polar surface area (TPSA) is 86.2 Å². The number of primary amides is 2. The Bertz CT molecular complexity index is 737. The first-order chi connectivity index (χ1) is 9.82. The Morgan fingerprint density at radius 2 is 1.48 bits per heavy atom. The van der Waals surface area contributed by atoms with Gasteiger partial charge in [0.2, 0.25) is 11.8 Å². The van der Waals surface area contributed by atoms with E-state index >= 15 is 0 Å². The predicted molar refractivity (Wildman–Crippen MR) is 83.9 cm³/mol. The Kier molecular flexibility index (Phi) is 4.42. The lowest BCUT2D eigenvalue weighted by Crippen LogP contribution is -2.21. The second-order valence-electron chi connectivity index (χ2n) is 4.20. The number of hydrogen-bond acceptors (Lipinski definition) is 2. The molecule has 108 valence electrons. The van der Waals surface area contributed by atoms with E-state index in [1.54, 1.807) is 12.1 Å². The van der Waals surface area contributed by atoms with Gasteiger partial charge in [0.05, 0.1) is 21.2 Å². The minimum absolute atomic E-state index is 0.00193.